The van der Waals surface area contributed by atoms with E-state index in [0.29, 0.717) is 52.7 Å². The number of nitrogen functional groups attached to an aromatic ring is 1. The highest BCUT2D eigenvalue weighted by molar-refractivity contribution is 7.13. The number of piperazine rings is 1. The summed E-state index contributed by atoms with van der Waals surface area (Å²) in [5.41, 5.74) is 14.6. The first-order valence-corrected chi connectivity index (χ1v) is 29.5. The fourth-order valence-electron chi connectivity index (χ4n) is 13.0. The van der Waals surface area contributed by atoms with Gasteiger partial charge in [-0.3, -0.25) is 14.5 Å². The molecule has 20 heteroatoms. The van der Waals surface area contributed by atoms with E-state index < -0.39 is 18.1 Å². The quantitative estimate of drug-likeness (QED) is 0.0608. The number of rotatable bonds is 19. The monoisotopic (exact) mass is 1110 g/mol. The largest absolute Gasteiger partial charge is 0.507 e. The molecule has 2 aromatic carbocycles. The molecule has 6 aliphatic rings. The number of aliphatic hydroxyl groups excluding tert-OH is 1. The average Bonchev–Trinajstić information content (AvgIpc) is 4.31. The SMILES string of the molecule is Cc1ncsc1-c1ccc([C@H](C)NCC(=O)[C@@H]2C[C@@H](O)CN2C(=O)C(c2cc(OC3CC(N4CCC(OC5CC(Oc6cc(N7C8CCC7CN(c7cc(-c9ccccc9O)nnc7N)C8)ccn6)C5)CC4)C3)no2)C(C)C)cc1. The van der Waals surface area contributed by atoms with Gasteiger partial charge in [-0.2, -0.15) is 0 Å². The Bertz CT molecular complexity index is 3120. The van der Waals surface area contributed by atoms with Crippen LogP contribution in [0.1, 0.15) is 108 Å². The van der Waals surface area contributed by atoms with Crippen LogP contribution in [0.3, 0.4) is 0 Å². The maximum Gasteiger partial charge on any atom is 0.254 e. The molecule has 4 aromatic heterocycles. The second-order valence-corrected chi connectivity index (χ2v) is 24.1. The van der Waals surface area contributed by atoms with Gasteiger partial charge in [0.1, 0.15) is 23.9 Å². The number of para-hydroxylation sites is 1. The molecule has 2 bridgehead atoms. The third-order valence-electron chi connectivity index (χ3n) is 17.6. The zero-order chi connectivity index (χ0) is 55.2. The van der Waals surface area contributed by atoms with E-state index in [9.17, 15) is 19.8 Å². The van der Waals surface area contributed by atoms with Crippen molar-refractivity contribution in [2.45, 2.75) is 152 Å². The first kappa shape index (κ1) is 53.9. The molecular weight excluding hydrogens is 1030 g/mol. The summed E-state index contributed by atoms with van der Waals surface area (Å²) >= 11 is 1.61. The summed E-state index contributed by atoms with van der Waals surface area (Å²) in [4.78, 5) is 47.1. The van der Waals surface area contributed by atoms with Crippen LogP contribution in [-0.4, -0.2) is 151 Å². The molecule has 3 unspecified atom stereocenters. The summed E-state index contributed by atoms with van der Waals surface area (Å²) in [5, 5.41) is 37.4. The predicted octanol–water partition coefficient (Wildman–Crippen LogP) is 7.73. The van der Waals surface area contributed by atoms with E-state index >= 15 is 0 Å². The number of aliphatic hydroxyl groups is 1. The number of Topliss-reactive ketones (excluding diaryl/α,β-unsaturated/α-hetero) is 1. The number of aryl methyl sites for hydroxylation is 1. The molecule has 6 atom stereocenters. The van der Waals surface area contributed by atoms with E-state index in [1.165, 1.54) is 4.90 Å². The number of likely N-dealkylation sites (tertiary alicyclic amines) is 2. The number of hydrogen-bond acceptors (Lipinski definition) is 19. The summed E-state index contributed by atoms with van der Waals surface area (Å²) in [7, 11) is 0. The van der Waals surface area contributed by atoms with Gasteiger partial charge >= 0.3 is 0 Å². The number of piperidine rings is 1. The van der Waals surface area contributed by atoms with Gasteiger partial charge in [0.05, 0.1) is 58.4 Å². The van der Waals surface area contributed by atoms with Crippen LogP contribution in [0.5, 0.6) is 17.5 Å². The molecule has 12 rings (SSSR count). The number of fused-ring (bicyclic) bond motifs is 2. The van der Waals surface area contributed by atoms with Crippen LogP contribution in [0, 0.1) is 12.8 Å². The standard InChI is InChI=1S/C60H73N11O8S/c1-34(2)57(60(75)70-32-43(72)24-50(70)53(74)29-63-35(3)37-9-11-38(12-10-37)58-36(4)64-33-80-58)54-28-56(67-79-54)78-45-21-42(22-45)68-19-16-44(17-20-68)76-46-25-47(26-46)77-55-23-39(15-18-62-55)71-40-13-14-41(71)31-69(30-40)51-27-49(65-66-59(51)61)48-7-5-6-8-52(48)73/h5-12,15,18,23,27-28,33-35,40-47,50,57,63,72-73H,13-14,16-17,19-22,24-26,29-32H2,1-4H3,(H2,61,66)/t35-,40?,41?,42?,43+,45?,46?,47?,50-,57?/m0/s1. The van der Waals surface area contributed by atoms with Crippen LogP contribution in [-0.2, 0) is 14.3 Å². The van der Waals surface area contributed by atoms with Crippen LogP contribution in [0.2, 0.25) is 0 Å². The van der Waals surface area contributed by atoms with E-state index in [-0.39, 0.29) is 73.3 Å². The normalized spacial score (nSPS) is 25.8. The minimum atomic E-state index is -0.797. The van der Waals surface area contributed by atoms with Gasteiger partial charge in [0.2, 0.25) is 11.8 Å². The lowest BCUT2D eigenvalue weighted by atomic mass is 9.86. The lowest BCUT2D eigenvalue weighted by Gasteiger charge is -2.46. The number of thiazole rings is 1. The minimum absolute atomic E-state index is 0.00407. The van der Waals surface area contributed by atoms with Crippen molar-refractivity contribution >= 4 is 40.2 Å². The number of hydrogen-bond donors (Lipinski definition) is 4. The lowest BCUT2D eigenvalue weighted by Crippen LogP contribution is -2.54. The Balaban J connectivity index is 0.561. The number of benzene rings is 2. The van der Waals surface area contributed by atoms with E-state index in [0.717, 1.165) is 111 Å². The zero-order valence-electron chi connectivity index (χ0n) is 46.0. The third-order valence-corrected chi connectivity index (χ3v) is 18.6. The van der Waals surface area contributed by atoms with Gasteiger partial charge in [0.15, 0.2) is 17.4 Å². The maximum atomic E-state index is 14.3. The van der Waals surface area contributed by atoms with Crippen molar-refractivity contribution in [2.24, 2.45) is 5.92 Å². The molecule has 4 aliphatic heterocycles. The summed E-state index contributed by atoms with van der Waals surface area (Å²) in [5.74, 6) is 0.698. The van der Waals surface area contributed by atoms with Gasteiger partial charge in [-0.25, -0.2) is 9.97 Å². The van der Waals surface area contributed by atoms with Gasteiger partial charge in [-0.05, 0) is 86.0 Å². The third kappa shape index (κ3) is 11.3. The Hall–Kier alpha value is -6.71. The number of amides is 1. The smallest absolute Gasteiger partial charge is 0.254 e. The number of ketones is 1. The number of aromatic nitrogens is 5. The Labute approximate surface area is 470 Å². The van der Waals surface area contributed by atoms with Gasteiger partial charge < -0.3 is 54.7 Å². The Morgan fingerprint density at radius 1 is 0.825 bits per heavy atom. The Morgan fingerprint density at radius 3 is 2.29 bits per heavy atom. The van der Waals surface area contributed by atoms with Gasteiger partial charge in [0.25, 0.3) is 5.88 Å². The van der Waals surface area contributed by atoms with Crippen LogP contribution in [0.15, 0.2) is 89.0 Å². The van der Waals surface area contributed by atoms with Crippen LogP contribution in [0.4, 0.5) is 17.2 Å². The molecule has 80 heavy (non-hydrogen) atoms. The number of anilines is 3. The highest BCUT2D eigenvalue weighted by atomic mass is 32.1. The molecule has 0 radical (unpaired) electrons. The number of phenolic OH excluding ortho intramolecular Hbond substituents is 1. The van der Waals surface area contributed by atoms with Crippen molar-refractivity contribution in [3.05, 3.63) is 102 Å². The Kier molecular flexibility index (Phi) is 15.5. The molecule has 4 saturated heterocycles. The van der Waals surface area contributed by atoms with Crippen molar-refractivity contribution in [3.8, 4) is 39.2 Å². The van der Waals surface area contributed by atoms with Crippen molar-refractivity contribution in [1.29, 1.82) is 0 Å². The molecule has 2 aliphatic carbocycles. The maximum absolute atomic E-state index is 14.3. The van der Waals surface area contributed by atoms with Crippen LogP contribution < -0.4 is 30.3 Å². The number of pyridine rings is 1. The fraction of sp³-hybridized carbons (Fsp3) is 0.517. The van der Waals surface area contributed by atoms with Crippen molar-refractivity contribution < 1.29 is 38.5 Å². The number of carbonyl (C=O) groups is 2. The molecule has 6 aromatic rings. The number of nitrogens with one attached hydrogen (secondary N) is 1. The van der Waals surface area contributed by atoms with Crippen molar-refractivity contribution in [1.82, 2.24) is 40.4 Å². The predicted molar refractivity (Wildman–Crippen MR) is 304 cm³/mol. The minimum Gasteiger partial charge on any atom is -0.507 e. The van der Waals surface area contributed by atoms with Gasteiger partial charge in [-0.1, -0.05) is 50.2 Å². The average molecular weight is 1110 g/mol. The van der Waals surface area contributed by atoms with E-state index in [1.807, 2.05) is 57.6 Å². The highest BCUT2D eigenvalue weighted by Crippen LogP contribution is 2.42. The second-order valence-electron chi connectivity index (χ2n) is 23.3. The van der Waals surface area contributed by atoms with E-state index in [1.54, 1.807) is 29.5 Å². The molecule has 19 nitrogen and oxygen atoms in total. The summed E-state index contributed by atoms with van der Waals surface area (Å²) in [6.07, 6.45) is 9.31. The Morgan fingerprint density at radius 2 is 1.56 bits per heavy atom. The van der Waals surface area contributed by atoms with Crippen molar-refractivity contribution in [3.63, 3.8) is 0 Å². The van der Waals surface area contributed by atoms with E-state index in [4.69, 9.17) is 24.5 Å². The number of phenols is 1. The molecule has 6 fully saturated rings. The molecular formula is C60H73N11O8S. The van der Waals surface area contributed by atoms with Gasteiger partial charge in [0, 0.05) is 119 Å². The lowest BCUT2D eigenvalue weighted by molar-refractivity contribution is -0.140. The number of β-amino-alcohol motifs (C(OH)–C–C–N with tert-alkyl or cyclic N) is 1. The number of nitrogens with two attached hydrogens (primary N) is 1. The van der Waals surface area contributed by atoms with Gasteiger partial charge in [-0.15, -0.1) is 21.5 Å². The first-order chi connectivity index (χ1) is 38.8. The number of carbonyl (C=O) groups excluding carboxylic acids is 2. The summed E-state index contributed by atoms with van der Waals surface area (Å²) in [6.45, 7) is 11.6. The number of ether oxygens (including phenoxy) is 3. The summed E-state index contributed by atoms with van der Waals surface area (Å²) in [6, 6.07) is 23.4. The molecule has 1 amide bonds. The molecule has 2 saturated carbocycles. The fourth-order valence-corrected chi connectivity index (χ4v) is 13.8. The topological polar surface area (TPSA) is 231 Å². The van der Waals surface area contributed by atoms with Crippen LogP contribution in [0.25, 0.3) is 21.7 Å². The van der Waals surface area contributed by atoms with Crippen molar-refractivity contribution in [2.75, 3.05) is 54.8 Å². The molecule has 5 N–H and O–H groups in total. The van der Waals surface area contributed by atoms with Crippen LogP contribution >= 0.6 is 11.3 Å². The highest BCUT2D eigenvalue weighted by Gasteiger charge is 2.45. The zero-order valence-corrected chi connectivity index (χ0v) is 46.8. The summed E-state index contributed by atoms with van der Waals surface area (Å²) < 4.78 is 25.2. The first-order valence-electron chi connectivity index (χ1n) is 28.6. The molecule has 8 heterocycles. The second kappa shape index (κ2) is 23.0. The number of nitrogens with zero attached hydrogens (tertiary/aromatic N) is 9. The number of aromatic hydroxyl groups is 1. The van der Waals surface area contributed by atoms with E-state index in [2.05, 4.69) is 81.7 Å². The molecule has 0 spiro atoms. The molecule has 422 valence electrons.